The average molecular weight is 851 g/mol. The van der Waals surface area contributed by atoms with E-state index in [1.54, 1.807) is 22.7 Å². The van der Waals surface area contributed by atoms with Crippen LogP contribution >= 0.6 is 22.7 Å². The van der Waals surface area contributed by atoms with Crippen LogP contribution in [0.15, 0.2) is 170 Å². The fourth-order valence-corrected chi connectivity index (χ4v) is 12.8. The van der Waals surface area contributed by atoms with Crippen molar-refractivity contribution in [3.05, 3.63) is 198 Å². The van der Waals surface area contributed by atoms with E-state index in [1.165, 1.54) is 30.9 Å². The van der Waals surface area contributed by atoms with Crippen LogP contribution in [0, 0.1) is 31.8 Å². The Morgan fingerprint density at radius 1 is 0.453 bits per heavy atom. The van der Waals surface area contributed by atoms with Crippen LogP contribution in [0.2, 0.25) is 0 Å². The number of thiophene rings is 2. The molecule has 0 fully saturated rings. The molecule has 298 valence electrons. The number of nitriles is 1. The Bertz CT molecular complexity index is 3990. The molecule has 13 rings (SSSR count). The summed E-state index contributed by atoms with van der Waals surface area (Å²) in [6, 6.07) is 63.2. The summed E-state index contributed by atoms with van der Waals surface area (Å²) in [7, 11) is 0. The highest BCUT2D eigenvalue weighted by molar-refractivity contribution is 7.27. The lowest BCUT2D eigenvalue weighted by Gasteiger charge is -2.26. The summed E-state index contributed by atoms with van der Waals surface area (Å²) >= 11 is 3.59. The molecule has 9 aromatic carbocycles. The number of aryl methyl sites for hydroxylation is 2. The molecule has 0 aliphatic carbocycles. The first-order valence-corrected chi connectivity index (χ1v) is 23.0. The number of rotatable bonds is 4. The second-order valence-corrected chi connectivity index (χ2v) is 18.8. The van der Waals surface area contributed by atoms with E-state index in [4.69, 9.17) is 0 Å². The Morgan fingerprint density at radius 3 is 1.36 bits per heavy atom. The molecule has 0 saturated heterocycles. The molecule has 0 aliphatic heterocycles. The number of hydrogen-bond acceptors (Lipinski definition) is 3. The fourth-order valence-electron chi connectivity index (χ4n) is 10.3. The van der Waals surface area contributed by atoms with Gasteiger partial charge in [-0.2, -0.15) is 5.26 Å². The number of para-hydroxylation sites is 2. The van der Waals surface area contributed by atoms with Gasteiger partial charge in [0.2, 0.25) is 5.69 Å². The van der Waals surface area contributed by atoms with Crippen LogP contribution in [0.1, 0.15) is 16.7 Å². The van der Waals surface area contributed by atoms with Crippen molar-refractivity contribution in [2.24, 2.45) is 0 Å². The van der Waals surface area contributed by atoms with Crippen LogP contribution in [0.4, 0.5) is 5.69 Å². The van der Waals surface area contributed by atoms with Gasteiger partial charge in [-0.3, -0.25) is 0 Å². The van der Waals surface area contributed by atoms with Crippen LogP contribution in [0.5, 0.6) is 0 Å². The molecule has 13 aromatic rings. The van der Waals surface area contributed by atoms with E-state index in [1.807, 2.05) is 0 Å². The number of hydrogen-bond donors (Lipinski definition) is 0. The van der Waals surface area contributed by atoms with E-state index >= 15 is 0 Å². The molecule has 0 aliphatic rings. The van der Waals surface area contributed by atoms with Crippen molar-refractivity contribution >= 4 is 112 Å². The van der Waals surface area contributed by atoms with Gasteiger partial charge in [0.25, 0.3) is 0 Å². The molecule has 0 N–H and O–H groups in total. The van der Waals surface area contributed by atoms with Crippen LogP contribution in [-0.2, 0) is 0 Å². The van der Waals surface area contributed by atoms with Crippen molar-refractivity contribution in [1.29, 1.82) is 5.26 Å². The number of fused-ring (bicyclic) bond motifs is 14. The van der Waals surface area contributed by atoms with Crippen molar-refractivity contribution in [3.8, 4) is 39.7 Å². The zero-order valence-corrected chi connectivity index (χ0v) is 36.4. The van der Waals surface area contributed by atoms with Crippen LogP contribution in [-0.4, -0.2) is 9.13 Å². The van der Waals surface area contributed by atoms with Gasteiger partial charge < -0.3 is 9.13 Å². The Hall–Kier alpha value is -8.00. The molecule has 0 atom stereocenters. The van der Waals surface area contributed by atoms with Crippen molar-refractivity contribution < 1.29 is 0 Å². The SMILES string of the molecule is [C-]#[N+]c1c(-c2ccc(C)cc2)c(C#N)c(-n2c3ccccc3c3ccc4c5ccccc5sc4c32)c(-c2ccc(C)cc2)c1-n1c2ccccc2c2ccc3c4ccccc4sc3c21. The molecule has 0 spiro atoms. The zero-order valence-electron chi connectivity index (χ0n) is 34.8. The minimum Gasteiger partial charge on any atom is -0.317 e. The fraction of sp³-hybridized carbons (Fsp3) is 0.0345. The third-order valence-corrected chi connectivity index (χ3v) is 15.5. The first kappa shape index (κ1) is 36.6. The lowest BCUT2D eigenvalue weighted by molar-refractivity contribution is 1.14. The number of aromatic nitrogens is 2. The molecule has 4 heterocycles. The summed E-state index contributed by atoms with van der Waals surface area (Å²) in [4.78, 5) is 4.57. The summed E-state index contributed by atoms with van der Waals surface area (Å²) in [5.41, 5.74) is 12.0. The van der Waals surface area contributed by atoms with Crippen molar-refractivity contribution in [3.63, 3.8) is 0 Å². The van der Waals surface area contributed by atoms with Gasteiger partial charge in [-0.15, -0.1) is 22.7 Å². The normalized spacial score (nSPS) is 11.9. The van der Waals surface area contributed by atoms with Gasteiger partial charge in [-0.05, 0) is 49.2 Å². The van der Waals surface area contributed by atoms with Gasteiger partial charge >= 0.3 is 0 Å². The van der Waals surface area contributed by atoms with Crippen LogP contribution in [0.25, 0.3) is 122 Å². The molecule has 6 heteroatoms. The molecule has 0 amide bonds. The summed E-state index contributed by atoms with van der Waals surface area (Å²) in [6.07, 6.45) is 0. The lowest BCUT2D eigenvalue weighted by atomic mass is 9.88. The van der Waals surface area contributed by atoms with E-state index in [0.29, 0.717) is 16.8 Å². The Morgan fingerprint density at radius 2 is 0.875 bits per heavy atom. The summed E-state index contributed by atoms with van der Waals surface area (Å²) in [6.45, 7) is 13.5. The standard InChI is InChI=1S/C58H34N4S2/c1-33-20-24-35(25-21-33)50-45(32-59)53(61-46-16-8-4-12-37(46)41-28-30-43-39-14-6-10-18-48(39)63-57(43)54(41)61)51(36-26-22-34(2)23-27-36)56(52(50)60-3)62-47-17-9-5-13-38(47)42-29-31-44-40-15-7-11-19-49(40)64-58(44)55(42)62/h4-31H,1-2H3. The van der Waals surface area contributed by atoms with Crippen LogP contribution in [0.3, 0.4) is 0 Å². The second kappa shape index (κ2) is 13.8. The second-order valence-electron chi connectivity index (χ2n) is 16.7. The predicted molar refractivity (Wildman–Crippen MR) is 272 cm³/mol. The maximum absolute atomic E-state index is 11.9. The topological polar surface area (TPSA) is 38.0 Å². The molecule has 0 saturated carbocycles. The van der Waals surface area contributed by atoms with Crippen molar-refractivity contribution in [2.75, 3.05) is 0 Å². The molecule has 0 radical (unpaired) electrons. The zero-order chi connectivity index (χ0) is 42.8. The highest BCUT2D eigenvalue weighted by atomic mass is 32.1. The molecule has 64 heavy (non-hydrogen) atoms. The van der Waals surface area contributed by atoms with Gasteiger partial charge in [-0.25, -0.2) is 4.85 Å². The third kappa shape index (κ3) is 5.01. The van der Waals surface area contributed by atoms with E-state index in [0.717, 1.165) is 92.2 Å². The van der Waals surface area contributed by atoms with Gasteiger partial charge in [-0.1, -0.05) is 157 Å². The molecule has 0 unspecified atom stereocenters. The minimum atomic E-state index is 0.438. The molecular weight excluding hydrogens is 817 g/mol. The highest BCUT2D eigenvalue weighted by Gasteiger charge is 2.32. The Labute approximate surface area is 376 Å². The van der Waals surface area contributed by atoms with E-state index in [9.17, 15) is 11.8 Å². The minimum absolute atomic E-state index is 0.438. The van der Waals surface area contributed by atoms with Crippen molar-refractivity contribution in [2.45, 2.75) is 13.8 Å². The third-order valence-electron chi connectivity index (χ3n) is 13.1. The molecular formula is C58H34N4S2. The first-order chi connectivity index (χ1) is 31.5. The van der Waals surface area contributed by atoms with Crippen molar-refractivity contribution in [1.82, 2.24) is 9.13 Å². The molecule has 0 bridgehead atoms. The smallest absolute Gasteiger partial charge is 0.220 e. The predicted octanol–water partition coefficient (Wildman–Crippen LogP) is 17.0. The highest BCUT2D eigenvalue weighted by Crippen LogP contribution is 2.54. The Kier molecular flexibility index (Phi) is 7.87. The Balaban J connectivity index is 1.35. The maximum atomic E-state index is 11.9. The van der Waals surface area contributed by atoms with Gasteiger partial charge in [0.15, 0.2) is 0 Å². The van der Waals surface area contributed by atoms with Gasteiger partial charge in [0, 0.05) is 63.6 Å². The van der Waals surface area contributed by atoms with E-state index in [2.05, 4.69) is 204 Å². The van der Waals surface area contributed by atoms with E-state index in [-0.39, 0.29) is 0 Å². The molecule has 4 aromatic heterocycles. The monoisotopic (exact) mass is 850 g/mol. The summed E-state index contributed by atoms with van der Waals surface area (Å²) in [5.74, 6) is 0. The summed E-state index contributed by atoms with van der Waals surface area (Å²) in [5, 5.41) is 21.2. The lowest BCUT2D eigenvalue weighted by Crippen LogP contribution is -2.09. The first-order valence-electron chi connectivity index (χ1n) is 21.4. The van der Waals surface area contributed by atoms with Gasteiger partial charge in [0.1, 0.15) is 6.07 Å². The van der Waals surface area contributed by atoms with Crippen LogP contribution < -0.4 is 0 Å². The summed E-state index contributed by atoms with van der Waals surface area (Å²) < 4.78 is 9.48. The maximum Gasteiger partial charge on any atom is 0.220 e. The van der Waals surface area contributed by atoms with Gasteiger partial charge in [0.05, 0.1) is 55.0 Å². The quantitative estimate of drug-likeness (QED) is 0.163. The molecule has 4 nitrogen and oxygen atoms in total. The largest absolute Gasteiger partial charge is 0.317 e. The average Bonchev–Trinajstić information content (AvgIpc) is 4.09. The number of benzene rings is 9. The number of nitrogens with zero attached hydrogens (tertiary/aromatic N) is 4. The van der Waals surface area contributed by atoms with E-state index < -0.39 is 0 Å².